The van der Waals surface area contributed by atoms with E-state index < -0.39 is 18.0 Å². The molecule has 3 N–H and O–H groups in total. The molecule has 3 unspecified atom stereocenters. The Labute approximate surface area is 160 Å². The third-order valence-corrected chi connectivity index (χ3v) is 4.18. The smallest absolute Gasteiger partial charge is 0.310 e. The molecule has 0 aromatic heterocycles. The molecule has 2 rings (SSSR count). The van der Waals surface area contributed by atoms with Crippen molar-refractivity contribution in [2.24, 2.45) is 11.7 Å². The molecule has 0 aliphatic rings. The van der Waals surface area contributed by atoms with Gasteiger partial charge >= 0.3 is 5.97 Å². The third kappa shape index (κ3) is 5.86. The van der Waals surface area contributed by atoms with Crippen molar-refractivity contribution in [1.29, 1.82) is 0 Å². The minimum atomic E-state index is -0.510. The molecule has 140 valence electrons. The van der Waals surface area contributed by atoms with E-state index in [1.807, 2.05) is 60.7 Å². The molecule has 2 aromatic rings. The topological polar surface area (TPSA) is 81.4 Å². The largest absolute Gasteiger partial charge is 0.469 e. The first kappa shape index (κ1) is 21.7. The highest BCUT2D eigenvalue weighted by molar-refractivity contribution is 5.85. The number of esters is 1. The van der Waals surface area contributed by atoms with Crippen molar-refractivity contribution in [2.75, 3.05) is 7.11 Å². The van der Waals surface area contributed by atoms with E-state index >= 15 is 0 Å². The number of rotatable bonds is 7. The van der Waals surface area contributed by atoms with Crippen molar-refractivity contribution in [3.63, 3.8) is 0 Å². The van der Waals surface area contributed by atoms with Gasteiger partial charge in [-0.2, -0.15) is 0 Å². The van der Waals surface area contributed by atoms with Crippen LogP contribution in [-0.4, -0.2) is 19.0 Å². The summed E-state index contributed by atoms with van der Waals surface area (Å²) < 4.78 is 4.83. The summed E-state index contributed by atoms with van der Waals surface area (Å²) in [6.45, 7) is 1.74. The number of carbonyl (C=O) groups is 2. The van der Waals surface area contributed by atoms with Crippen LogP contribution in [0.4, 0.5) is 0 Å². The van der Waals surface area contributed by atoms with Crippen LogP contribution in [0, 0.1) is 5.92 Å². The highest BCUT2D eigenvalue weighted by Gasteiger charge is 2.28. The summed E-state index contributed by atoms with van der Waals surface area (Å²) in [7, 11) is 1.34. The van der Waals surface area contributed by atoms with Crippen LogP contribution in [0.5, 0.6) is 0 Å². The maximum atomic E-state index is 12.5. The Morgan fingerprint density at radius 1 is 1.00 bits per heavy atom. The highest BCUT2D eigenvalue weighted by atomic mass is 35.5. The molecule has 0 heterocycles. The summed E-state index contributed by atoms with van der Waals surface area (Å²) in [6.07, 6.45) is 0.140. The van der Waals surface area contributed by atoms with Crippen molar-refractivity contribution in [3.05, 3.63) is 71.8 Å². The molecule has 0 saturated carbocycles. The summed E-state index contributed by atoms with van der Waals surface area (Å²) in [4.78, 5) is 24.4. The fraction of sp³-hybridized carbons (Fsp3) is 0.300. The quantitative estimate of drug-likeness (QED) is 0.727. The van der Waals surface area contributed by atoms with Crippen molar-refractivity contribution in [3.8, 4) is 0 Å². The first-order valence-corrected chi connectivity index (χ1v) is 8.25. The lowest BCUT2D eigenvalue weighted by Gasteiger charge is -2.24. The Balaban J connectivity index is 0.00000338. The lowest BCUT2D eigenvalue weighted by molar-refractivity contribution is -0.146. The van der Waals surface area contributed by atoms with Crippen molar-refractivity contribution in [2.45, 2.75) is 25.4 Å². The van der Waals surface area contributed by atoms with E-state index in [9.17, 15) is 9.59 Å². The molecule has 0 saturated heterocycles. The standard InChI is InChI=1S/C20H24N2O3.ClH/c1-14(20(24)25-2)19(16-11-7-4-8-12-16)22-18(23)13-17(21)15-9-5-3-6-10-15;/h3-12,14,17,19H,13,21H2,1-2H3,(H,22,23);1H. The number of nitrogens with one attached hydrogen (secondary N) is 1. The second kappa shape index (κ2) is 10.6. The molecule has 3 atom stereocenters. The summed E-state index contributed by atoms with van der Waals surface area (Å²) in [5, 5.41) is 2.93. The van der Waals surface area contributed by atoms with Crippen LogP contribution in [0.1, 0.15) is 36.6 Å². The molecule has 1 amide bonds. The molecule has 26 heavy (non-hydrogen) atoms. The predicted octanol–water partition coefficient (Wildman–Crippen LogP) is 3.16. The third-order valence-electron chi connectivity index (χ3n) is 4.18. The van der Waals surface area contributed by atoms with Gasteiger partial charge in [-0.1, -0.05) is 60.7 Å². The van der Waals surface area contributed by atoms with Crippen LogP contribution in [0.3, 0.4) is 0 Å². The van der Waals surface area contributed by atoms with Gasteiger partial charge in [0.15, 0.2) is 0 Å². The van der Waals surface area contributed by atoms with Gasteiger partial charge in [-0.25, -0.2) is 0 Å². The van der Waals surface area contributed by atoms with Crippen LogP contribution in [-0.2, 0) is 14.3 Å². The van der Waals surface area contributed by atoms with Gasteiger partial charge < -0.3 is 15.8 Å². The second-order valence-electron chi connectivity index (χ2n) is 5.99. The Kier molecular flexibility index (Phi) is 8.82. The van der Waals surface area contributed by atoms with E-state index in [1.54, 1.807) is 6.92 Å². The number of ether oxygens (including phenoxy) is 1. The molecule has 5 nitrogen and oxygen atoms in total. The molecule has 6 heteroatoms. The minimum absolute atomic E-state index is 0. The van der Waals surface area contributed by atoms with E-state index in [-0.39, 0.29) is 30.7 Å². The van der Waals surface area contributed by atoms with Gasteiger partial charge in [-0.15, -0.1) is 12.4 Å². The fourth-order valence-corrected chi connectivity index (χ4v) is 2.73. The van der Waals surface area contributed by atoms with E-state index in [4.69, 9.17) is 10.5 Å². The van der Waals surface area contributed by atoms with E-state index in [2.05, 4.69) is 5.32 Å². The predicted molar refractivity (Wildman–Crippen MR) is 104 cm³/mol. The van der Waals surface area contributed by atoms with Crippen LogP contribution in [0.15, 0.2) is 60.7 Å². The lowest BCUT2D eigenvalue weighted by Crippen LogP contribution is -2.37. The summed E-state index contributed by atoms with van der Waals surface area (Å²) >= 11 is 0. The molecule has 0 fully saturated rings. The number of nitrogens with two attached hydrogens (primary N) is 1. The molecule has 0 radical (unpaired) electrons. The maximum absolute atomic E-state index is 12.5. The van der Waals surface area contributed by atoms with E-state index in [0.29, 0.717) is 0 Å². The minimum Gasteiger partial charge on any atom is -0.469 e. The van der Waals surface area contributed by atoms with Gasteiger partial charge in [0.25, 0.3) is 0 Å². The highest BCUT2D eigenvalue weighted by Crippen LogP contribution is 2.24. The Hall–Kier alpha value is -2.37. The number of amides is 1. The Morgan fingerprint density at radius 2 is 1.50 bits per heavy atom. The van der Waals surface area contributed by atoms with E-state index in [1.165, 1.54) is 7.11 Å². The number of hydrogen-bond donors (Lipinski definition) is 2. The fourth-order valence-electron chi connectivity index (χ4n) is 2.73. The number of halogens is 1. The van der Waals surface area contributed by atoms with Gasteiger partial charge in [-0.05, 0) is 18.1 Å². The molecule has 0 aliphatic heterocycles. The zero-order valence-electron chi connectivity index (χ0n) is 14.9. The number of carbonyl (C=O) groups excluding carboxylic acids is 2. The SMILES string of the molecule is COC(=O)C(C)C(NC(=O)CC(N)c1ccccc1)c1ccccc1.Cl. The first-order chi connectivity index (χ1) is 12.0. The Morgan fingerprint density at radius 3 is 2.00 bits per heavy atom. The van der Waals surface area contributed by atoms with Crippen molar-refractivity contribution in [1.82, 2.24) is 5.32 Å². The van der Waals surface area contributed by atoms with Gasteiger partial charge in [0, 0.05) is 12.5 Å². The van der Waals surface area contributed by atoms with Crippen LogP contribution < -0.4 is 11.1 Å². The summed E-state index contributed by atoms with van der Waals surface area (Å²) in [5.41, 5.74) is 7.87. The monoisotopic (exact) mass is 376 g/mol. The van der Waals surface area contributed by atoms with Gasteiger partial charge in [0.2, 0.25) is 5.91 Å². The molecule has 0 spiro atoms. The number of benzene rings is 2. The zero-order valence-corrected chi connectivity index (χ0v) is 15.7. The van der Waals surface area contributed by atoms with Gasteiger partial charge in [-0.3, -0.25) is 9.59 Å². The first-order valence-electron chi connectivity index (χ1n) is 8.25. The van der Waals surface area contributed by atoms with Crippen molar-refractivity contribution >= 4 is 24.3 Å². The summed E-state index contributed by atoms with van der Waals surface area (Å²) in [6, 6.07) is 18.0. The van der Waals surface area contributed by atoms with Crippen LogP contribution >= 0.6 is 12.4 Å². The van der Waals surface area contributed by atoms with Gasteiger partial charge in [0.05, 0.1) is 19.1 Å². The lowest BCUT2D eigenvalue weighted by atomic mass is 9.94. The molecular formula is C20H25ClN2O3. The Bertz CT molecular complexity index is 695. The molecular weight excluding hydrogens is 352 g/mol. The average Bonchev–Trinajstić information content (AvgIpc) is 2.66. The second-order valence-corrected chi connectivity index (χ2v) is 5.99. The number of methoxy groups -OCH3 is 1. The molecule has 0 aliphatic carbocycles. The maximum Gasteiger partial charge on any atom is 0.310 e. The zero-order chi connectivity index (χ0) is 18.2. The number of hydrogen-bond acceptors (Lipinski definition) is 4. The van der Waals surface area contributed by atoms with Crippen molar-refractivity contribution < 1.29 is 14.3 Å². The summed E-state index contributed by atoms with van der Waals surface area (Å²) in [5.74, 6) is -1.09. The normalized spacial score (nSPS) is 13.7. The van der Waals surface area contributed by atoms with Gasteiger partial charge in [0.1, 0.15) is 0 Å². The van der Waals surface area contributed by atoms with Crippen LogP contribution in [0.2, 0.25) is 0 Å². The molecule has 0 bridgehead atoms. The molecule has 2 aromatic carbocycles. The van der Waals surface area contributed by atoms with Crippen LogP contribution in [0.25, 0.3) is 0 Å². The van der Waals surface area contributed by atoms with E-state index in [0.717, 1.165) is 11.1 Å². The average molecular weight is 377 g/mol.